The van der Waals surface area contributed by atoms with Crippen LogP contribution in [0.3, 0.4) is 0 Å². The number of aliphatic hydroxyl groups is 1. The lowest BCUT2D eigenvalue weighted by molar-refractivity contribution is -0.0906. The number of aryl methyl sites for hydroxylation is 1. The second-order valence-corrected chi connectivity index (χ2v) is 11.8. The third-order valence-corrected chi connectivity index (χ3v) is 9.12. The van der Waals surface area contributed by atoms with Crippen LogP contribution in [0.2, 0.25) is 0 Å². The fourth-order valence-corrected chi connectivity index (χ4v) is 6.44. The molecular formula is C34H30FN7O4. The van der Waals surface area contributed by atoms with E-state index in [0.717, 1.165) is 31.9 Å². The molecule has 11 nitrogen and oxygen atoms in total. The van der Waals surface area contributed by atoms with Crippen molar-refractivity contribution in [2.24, 2.45) is 7.05 Å². The van der Waals surface area contributed by atoms with Gasteiger partial charge in [-0.1, -0.05) is 18.2 Å². The minimum Gasteiger partial charge on any atom is -0.392 e. The summed E-state index contributed by atoms with van der Waals surface area (Å²) >= 11 is 0. The molecule has 46 heavy (non-hydrogen) atoms. The zero-order valence-corrected chi connectivity index (χ0v) is 24.9. The number of aliphatic hydroxyl groups excluding tert-OH is 1. The molecule has 0 bridgehead atoms. The van der Waals surface area contributed by atoms with Gasteiger partial charge in [0.1, 0.15) is 22.8 Å². The lowest BCUT2D eigenvalue weighted by atomic mass is 9.90. The van der Waals surface area contributed by atoms with Crippen molar-refractivity contribution < 1.29 is 14.2 Å². The van der Waals surface area contributed by atoms with Gasteiger partial charge >= 0.3 is 0 Å². The van der Waals surface area contributed by atoms with E-state index in [1.807, 2.05) is 18.3 Å². The van der Waals surface area contributed by atoms with E-state index in [-0.39, 0.29) is 16.9 Å². The summed E-state index contributed by atoms with van der Waals surface area (Å²) < 4.78 is 24.9. The number of aromatic nitrogens is 5. The molecule has 2 fully saturated rings. The summed E-state index contributed by atoms with van der Waals surface area (Å²) in [5, 5.41) is 14.0. The van der Waals surface area contributed by atoms with Crippen LogP contribution in [-0.4, -0.2) is 65.9 Å². The van der Waals surface area contributed by atoms with Crippen molar-refractivity contribution in [1.82, 2.24) is 28.4 Å². The monoisotopic (exact) mass is 619 g/mol. The fraction of sp³-hybridized carbons (Fsp3) is 0.235. The van der Waals surface area contributed by atoms with Crippen LogP contribution in [-0.2, 0) is 18.4 Å². The number of hydrogen-bond donors (Lipinski definition) is 2. The van der Waals surface area contributed by atoms with Gasteiger partial charge in [-0.15, -0.1) is 0 Å². The van der Waals surface area contributed by atoms with Crippen LogP contribution < -0.4 is 16.4 Å². The van der Waals surface area contributed by atoms with E-state index in [9.17, 15) is 14.7 Å². The lowest BCUT2D eigenvalue weighted by Crippen LogP contribution is -2.58. The summed E-state index contributed by atoms with van der Waals surface area (Å²) in [4.78, 5) is 38.2. The largest absolute Gasteiger partial charge is 0.392 e. The first-order valence-corrected chi connectivity index (χ1v) is 15.1. The Morgan fingerprint density at radius 3 is 2.61 bits per heavy atom. The molecule has 12 heteroatoms. The van der Waals surface area contributed by atoms with E-state index in [1.54, 1.807) is 55.8 Å². The van der Waals surface area contributed by atoms with E-state index in [1.165, 1.54) is 25.9 Å². The van der Waals surface area contributed by atoms with E-state index in [4.69, 9.17) is 4.74 Å². The summed E-state index contributed by atoms with van der Waals surface area (Å²) in [6.07, 6.45) is 8.14. The molecule has 7 heterocycles. The first-order chi connectivity index (χ1) is 22.4. The topological polar surface area (TPSA) is 119 Å². The first kappa shape index (κ1) is 28.3. The van der Waals surface area contributed by atoms with Crippen LogP contribution in [0.4, 0.5) is 15.9 Å². The zero-order valence-electron chi connectivity index (χ0n) is 24.9. The normalized spacial score (nSPS) is 15.7. The molecule has 0 unspecified atom stereocenters. The molecule has 0 aliphatic carbocycles. The Kier molecular flexibility index (Phi) is 6.78. The Morgan fingerprint density at radius 1 is 1.04 bits per heavy atom. The maximum absolute atomic E-state index is 15.4. The Hall–Kier alpha value is -5.17. The fourth-order valence-electron chi connectivity index (χ4n) is 6.44. The summed E-state index contributed by atoms with van der Waals surface area (Å²) in [5.41, 5.74) is 2.56. The number of pyridine rings is 3. The summed E-state index contributed by atoms with van der Waals surface area (Å²) in [6.45, 7) is 3.14. The molecule has 0 radical (unpaired) electrons. The van der Waals surface area contributed by atoms with Crippen LogP contribution in [0.25, 0.3) is 33.4 Å². The lowest BCUT2D eigenvalue weighted by Gasteiger charge is -2.47. The molecule has 0 saturated carbocycles. The summed E-state index contributed by atoms with van der Waals surface area (Å²) in [5.74, 6) is 0.501. The van der Waals surface area contributed by atoms with Gasteiger partial charge in [-0.2, -0.15) is 0 Å². The van der Waals surface area contributed by atoms with Crippen LogP contribution in [0.15, 0.2) is 89.1 Å². The third kappa shape index (κ3) is 4.52. The summed E-state index contributed by atoms with van der Waals surface area (Å²) in [7, 11) is 1.64. The van der Waals surface area contributed by atoms with Crippen molar-refractivity contribution >= 4 is 27.9 Å². The minimum atomic E-state index is -0.620. The Morgan fingerprint density at radius 2 is 1.87 bits per heavy atom. The van der Waals surface area contributed by atoms with Gasteiger partial charge in [-0.25, -0.2) is 14.4 Å². The van der Waals surface area contributed by atoms with Gasteiger partial charge < -0.3 is 24.1 Å². The van der Waals surface area contributed by atoms with Crippen molar-refractivity contribution in [2.75, 3.05) is 31.6 Å². The van der Waals surface area contributed by atoms with Gasteiger partial charge in [-0.05, 0) is 41.5 Å². The molecule has 232 valence electrons. The number of fused-ring (bicyclic) bond motifs is 3. The number of hydrogen-bond acceptors (Lipinski definition) is 8. The van der Waals surface area contributed by atoms with Crippen molar-refractivity contribution in [3.05, 3.63) is 117 Å². The van der Waals surface area contributed by atoms with Crippen LogP contribution in [0, 0.1) is 5.82 Å². The molecule has 0 spiro atoms. The number of anilines is 2. The van der Waals surface area contributed by atoms with E-state index >= 15 is 4.39 Å². The molecular weight excluding hydrogens is 589 g/mol. The predicted octanol–water partition coefficient (Wildman–Crippen LogP) is 3.57. The second kappa shape index (κ2) is 11.0. The van der Waals surface area contributed by atoms with Gasteiger partial charge in [0.2, 0.25) is 0 Å². The molecule has 0 amide bonds. The number of nitrogens with zero attached hydrogens (tertiary/aromatic N) is 6. The van der Waals surface area contributed by atoms with Crippen LogP contribution in [0.5, 0.6) is 0 Å². The highest BCUT2D eigenvalue weighted by atomic mass is 19.1. The minimum absolute atomic E-state index is 0.116. The summed E-state index contributed by atoms with van der Waals surface area (Å²) in [6, 6.07) is 14.7. The number of para-hydroxylation sites is 1. The van der Waals surface area contributed by atoms with Gasteiger partial charge in [0, 0.05) is 73.6 Å². The maximum atomic E-state index is 15.4. The molecule has 6 aromatic rings. The molecule has 5 aromatic heterocycles. The highest BCUT2D eigenvalue weighted by Crippen LogP contribution is 2.32. The smallest absolute Gasteiger partial charge is 0.283 e. The van der Waals surface area contributed by atoms with E-state index in [0.29, 0.717) is 51.1 Å². The molecule has 1 aromatic carbocycles. The molecule has 0 atom stereocenters. The standard InChI is InChI=1S/C34H30FN7O4/c1-39-14-21(12-27(33(39)44)38-29-7-6-20(13-37-29)22-15-40(16-22)23-18-46-19-23)24-8-9-36-32(26(24)17-43)42-11-10-41-28-5-3-2-4-25(28)30(35)31(41)34(42)45/h2-14,22-23,43H,15-19H2,1H3,(H,37,38). The van der Waals surface area contributed by atoms with Gasteiger partial charge in [0.05, 0.1) is 31.4 Å². The van der Waals surface area contributed by atoms with Gasteiger partial charge in [0.25, 0.3) is 11.1 Å². The van der Waals surface area contributed by atoms with Crippen molar-refractivity contribution in [3.63, 3.8) is 0 Å². The number of nitrogens with one attached hydrogen (secondary N) is 1. The highest BCUT2D eigenvalue weighted by molar-refractivity contribution is 5.88. The third-order valence-electron chi connectivity index (χ3n) is 9.12. The number of halogens is 1. The zero-order chi connectivity index (χ0) is 31.5. The molecule has 8 rings (SSSR count). The quantitative estimate of drug-likeness (QED) is 0.279. The Balaban J connectivity index is 1.12. The SMILES string of the molecule is Cn1cc(-c2ccnc(-n3ccn4c(c(F)c5ccccc54)c3=O)c2CO)cc(Nc2ccc(C3CN(C4COC4)C3)cn2)c1=O. The van der Waals surface area contributed by atoms with E-state index in [2.05, 4.69) is 20.2 Å². The number of likely N-dealkylation sites (tertiary alicyclic amines) is 1. The van der Waals surface area contributed by atoms with Gasteiger partial charge in [0.15, 0.2) is 5.82 Å². The Bertz CT molecular complexity index is 2250. The van der Waals surface area contributed by atoms with Crippen molar-refractivity contribution in [1.29, 1.82) is 0 Å². The number of ether oxygens (including phenoxy) is 1. The average Bonchev–Trinajstić information content (AvgIpc) is 3.32. The molecule has 2 aliphatic heterocycles. The number of rotatable bonds is 7. The van der Waals surface area contributed by atoms with Crippen molar-refractivity contribution in [3.8, 4) is 16.9 Å². The van der Waals surface area contributed by atoms with Crippen molar-refractivity contribution in [2.45, 2.75) is 18.6 Å². The van der Waals surface area contributed by atoms with Crippen LogP contribution in [0.1, 0.15) is 17.0 Å². The molecule has 2 aliphatic rings. The predicted molar refractivity (Wildman–Crippen MR) is 171 cm³/mol. The molecule has 2 N–H and O–H groups in total. The first-order valence-electron chi connectivity index (χ1n) is 15.1. The second-order valence-electron chi connectivity index (χ2n) is 11.8. The highest BCUT2D eigenvalue weighted by Gasteiger charge is 2.36. The average molecular weight is 620 g/mol. The van der Waals surface area contributed by atoms with E-state index < -0.39 is 18.0 Å². The van der Waals surface area contributed by atoms with Gasteiger partial charge in [-0.3, -0.25) is 19.1 Å². The van der Waals surface area contributed by atoms with Crippen LogP contribution >= 0.6 is 0 Å². The Labute approximate surface area is 261 Å². The number of benzene rings is 1. The maximum Gasteiger partial charge on any atom is 0.283 e. The molecule has 2 saturated heterocycles.